The van der Waals surface area contributed by atoms with Gasteiger partial charge in [-0.2, -0.15) is 0 Å². The Morgan fingerprint density at radius 3 is 1.63 bits per heavy atom. The van der Waals surface area contributed by atoms with E-state index < -0.39 is 0 Å². The summed E-state index contributed by atoms with van der Waals surface area (Å²) in [6.07, 6.45) is 0. The average molecular weight is 626 g/mol. The number of aromatic nitrogens is 2. The minimum Gasteiger partial charge on any atom is -0.355 e. The summed E-state index contributed by atoms with van der Waals surface area (Å²) in [5, 5.41) is 11.2. The highest BCUT2D eigenvalue weighted by atomic mass is 15.0. The van der Waals surface area contributed by atoms with E-state index in [2.05, 4.69) is 196 Å². The molecule has 2 aromatic heterocycles. The Morgan fingerprint density at radius 1 is 0.327 bits per heavy atom. The lowest BCUT2D eigenvalue weighted by atomic mass is 9.95. The van der Waals surface area contributed by atoms with Crippen LogP contribution < -0.4 is 5.32 Å². The van der Waals surface area contributed by atoms with Crippen LogP contribution >= 0.6 is 0 Å². The predicted molar refractivity (Wildman–Crippen MR) is 208 cm³/mol. The van der Waals surface area contributed by atoms with Crippen molar-refractivity contribution in [3.05, 3.63) is 182 Å². The second-order valence-corrected chi connectivity index (χ2v) is 12.7. The molecule has 0 aliphatic carbocycles. The van der Waals surface area contributed by atoms with Gasteiger partial charge in [0, 0.05) is 49.9 Å². The molecular weight excluding hydrogens is 595 g/mol. The van der Waals surface area contributed by atoms with E-state index in [0.29, 0.717) is 0 Å². The van der Waals surface area contributed by atoms with Gasteiger partial charge in [0.25, 0.3) is 0 Å². The van der Waals surface area contributed by atoms with Gasteiger partial charge in [-0.05, 0) is 83.1 Å². The number of para-hydroxylation sites is 4. The molecule has 8 aromatic carbocycles. The van der Waals surface area contributed by atoms with Gasteiger partial charge in [0.2, 0.25) is 0 Å². The molecule has 0 saturated carbocycles. The number of hydrogen-bond acceptors (Lipinski definition) is 1. The molecule has 3 nitrogen and oxygen atoms in total. The standard InChI is InChI=1S/C46H31N3/c1-3-16-34(17-4-1)48-43-24-11-9-21-38(43)40-28-32(26-27-45(40)48)47-33-29-41(37-23-13-15-31-14-7-8-20-36(31)37)46-42(30-33)39-22-10-12-25-44(39)49(46)35-18-5-2-6-19-35/h1-30,47H. The van der Waals surface area contributed by atoms with E-state index in [1.165, 1.54) is 65.5 Å². The van der Waals surface area contributed by atoms with Gasteiger partial charge in [0.05, 0.1) is 22.1 Å². The lowest BCUT2D eigenvalue weighted by Gasteiger charge is -2.16. The van der Waals surface area contributed by atoms with Crippen LogP contribution in [0.15, 0.2) is 182 Å². The van der Waals surface area contributed by atoms with Gasteiger partial charge in [0.15, 0.2) is 0 Å². The van der Waals surface area contributed by atoms with Crippen molar-refractivity contribution in [2.45, 2.75) is 0 Å². The van der Waals surface area contributed by atoms with Crippen LogP contribution in [0.5, 0.6) is 0 Å². The first-order valence-corrected chi connectivity index (χ1v) is 16.8. The van der Waals surface area contributed by atoms with E-state index in [1.807, 2.05) is 0 Å². The van der Waals surface area contributed by atoms with Crippen molar-refractivity contribution >= 4 is 65.8 Å². The van der Waals surface area contributed by atoms with Crippen LogP contribution in [0.1, 0.15) is 0 Å². The van der Waals surface area contributed by atoms with Crippen LogP contribution in [-0.2, 0) is 0 Å². The van der Waals surface area contributed by atoms with E-state index in [9.17, 15) is 0 Å². The van der Waals surface area contributed by atoms with Crippen molar-refractivity contribution in [2.24, 2.45) is 0 Å². The van der Waals surface area contributed by atoms with Crippen molar-refractivity contribution in [3.63, 3.8) is 0 Å². The maximum atomic E-state index is 3.86. The molecule has 0 fully saturated rings. The molecule has 0 aliphatic heterocycles. The molecule has 0 amide bonds. The van der Waals surface area contributed by atoms with Crippen molar-refractivity contribution < 1.29 is 0 Å². The van der Waals surface area contributed by atoms with Crippen LogP contribution in [0.25, 0.3) is 76.9 Å². The minimum atomic E-state index is 1.05. The van der Waals surface area contributed by atoms with Crippen molar-refractivity contribution in [3.8, 4) is 22.5 Å². The Hall–Kier alpha value is -6.58. The van der Waals surface area contributed by atoms with Crippen molar-refractivity contribution in [1.29, 1.82) is 0 Å². The van der Waals surface area contributed by atoms with Gasteiger partial charge in [0.1, 0.15) is 0 Å². The summed E-state index contributed by atoms with van der Waals surface area (Å²) in [6.45, 7) is 0. The summed E-state index contributed by atoms with van der Waals surface area (Å²) >= 11 is 0. The number of nitrogens with zero attached hydrogens (tertiary/aromatic N) is 2. The van der Waals surface area contributed by atoms with Crippen LogP contribution in [-0.4, -0.2) is 9.13 Å². The van der Waals surface area contributed by atoms with Gasteiger partial charge in [-0.3, -0.25) is 0 Å². The lowest BCUT2D eigenvalue weighted by Crippen LogP contribution is -1.97. The Balaban J connectivity index is 1.22. The zero-order valence-corrected chi connectivity index (χ0v) is 26.7. The highest BCUT2D eigenvalue weighted by Gasteiger charge is 2.19. The number of benzene rings is 8. The Bertz CT molecular complexity index is 2840. The topological polar surface area (TPSA) is 21.9 Å². The molecule has 1 N–H and O–H groups in total. The van der Waals surface area contributed by atoms with Crippen LogP contribution in [0, 0.1) is 0 Å². The normalized spacial score (nSPS) is 11.7. The molecule has 230 valence electrons. The van der Waals surface area contributed by atoms with Gasteiger partial charge < -0.3 is 14.5 Å². The fraction of sp³-hybridized carbons (Fsp3) is 0. The van der Waals surface area contributed by atoms with Gasteiger partial charge in [-0.15, -0.1) is 0 Å². The molecule has 10 aromatic rings. The van der Waals surface area contributed by atoms with Crippen molar-refractivity contribution in [2.75, 3.05) is 5.32 Å². The van der Waals surface area contributed by atoms with E-state index in [4.69, 9.17) is 0 Å². The molecule has 0 saturated heterocycles. The summed E-state index contributed by atoms with van der Waals surface area (Å²) in [4.78, 5) is 0. The van der Waals surface area contributed by atoms with E-state index in [1.54, 1.807) is 0 Å². The SMILES string of the molecule is c1ccc(-n2c3ccccc3c3cc(Nc4cc(-c5cccc6ccccc56)c5c(c4)c4ccccc4n5-c4ccccc4)ccc32)cc1. The third-order valence-electron chi connectivity index (χ3n) is 9.84. The predicted octanol–water partition coefficient (Wildman–Crippen LogP) is 12.4. The van der Waals surface area contributed by atoms with E-state index in [-0.39, 0.29) is 0 Å². The number of anilines is 2. The van der Waals surface area contributed by atoms with Gasteiger partial charge in [-0.1, -0.05) is 115 Å². The maximum absolute atomic E-state index is 3.86. The molecule has 2 heterocycles. The Kier molecular flexibility index (Phi) is 6.18. The molecule has 0 radical (unpaired) electrons. The van der Waals surface area contributed by atoms with Crippen molar-refractivity contribution in [1.82, 2.24) is 9.13 Å². The molecule has 0 unspecified atom stereocenters. The third kappa shape index (κ3) is 4.37. The Labute approximate surface area is 283 Å². The molecule has 0 atom stereocenters. The number of nitrogens with one attached hydrogen (secondary N) is 1. The van der Waals surface area contributed by atoms with Gasteiger partial charge in [-0.25, -0.2) is 0 Å². The molecule has 0 bridgehead atoms. The summed E-state index contributed by atoms with van der Waals surface area (Å²) in [5.41, 5.74) is 11.6. The fourth-order valence-corrected chi connectivity index (χ4v) is 7.75. The summed E-state index contributed by atoms with van der Waals surface area (Å²) in [5.74, 6) is 0. The first-order valence-electron chi connectivity index (χ1n) is 16.8. The number of rotatable bonds is 5. The molecule has 0 aliphatic rings. The van der Waals surface area contributed by atoms with Gasteiger partial charge >= 0.3 is 0 Å². The molecular formula is C46H31N3. The first-order chi connectivity index (χ1) is 24.3. The van der Waals surface area contributed by atoms with E-state index >= 15 is 0 Å². The van der Waals surface area contributed by atoms with Crippen LogP contribution in [0.3, 0.4) is 0 Å². The number of hydrogen-bond donors (Lipinski definition) is 1. The third-order valence-corrected chi connectivity index (χ3v) is 9.84. The van der Waals surface area contributed by atoms with Crippen LogP contribution in [0.2, 0.25) is 0 Å². The maximum Gasteiger partial charge on any atom is 0.0621 e. The second kappa shape index (κ2) is 11.0. The Morgan fingerprint density at radius 2 is 0.878 bits per heavy atom. The highest BCUT2D eigenvalue weighted by Crippen LogP contribution is 2.43. The first kappa shape index (κ1) is 27.5. The highest BCUT2D eigenvalue weighted by molar-refractivity contribution is 6.17. The summed E-state index contributed by atoms with van der Waals surface area (Å²) < 4.78 is 4.79. The minimum absolute atomic E-state index is 1.05. The smallest absolute Gasteiger partial charge is 0.0621 e. The molecule has 49 heavy (non-hydrogen) atoms. The summed E-state index contributed by atoms with van der Waals surface area (Å²) in [6, 6.07) is 65.5. The summed E-state index contributed by atoms with van der Waals surface area (Å²) in [7, 11) is 0. The monoisotopic (exact) mass is 625 g/mol. The lowest BCUT2D eigenvalue weighted by molar-refractivity contribution is 1.18. The molecule has 0 spiro atoms. The molecule has 3 heteroatoms. The number of fused-ring (bicyclic) bond motifs is 7. The van der Waals surface area contributed by atoms with E-state index in [0.717, 1.165) is 22.7 Å². The zero-order chi connectivity index (χ0) is 32.3. The second-order valence-electron chi connectivity index (χ2n) is 12.7. The largest absolute Gasteiger partial charge is 0.355 e. The average Bonchev–Trinajstić information content (AvgIpc) is 3.68. The zero-order valence-electron chi connectivity index (χ0n) is 26.7. The fourth-order valence-electron chi connectivity index (χ4n) is 7.75. The quantitative estimate of drug-likeness (QED) is 0.202. The molecule has 10 rings (SSSR count). The van der Waals surface area contributed by atoms with Crippen LogP contribution in [0.4, 0.5) is 11.4 Å².